The molecule has 0 aliphatic heterocycles. The summed E-state index contributed by atoms with van der Waals surface area (Å²) < 4.78 is 47.5. The Bertz CT molecular complexity index is 830. The molecule has 0 aliphatic carbocycles. The van der Waals surface area contributed by atoms with Crippen LogP contribution < -0.4 is 0 Å². The summed E-state index contributed by atoms with van der Waals surface area (Å²) in [5.74, 6) is -9.68. The molecule has 0 aromatic heterocycles. The Morgan fingerprint density at radius 3 is 2.27 bits per heavy atom. The minimum atomic E-state index is -1.98. The first-order valence-corrected chi connectivity index (χ1v) is 9.54. The number of benzene rings is 1. The summed E-state index contributed by atoms with van der Waals surface area (Å²) >= 11 is 0. The molecule has 1 aromatic rings. The summed E-state index contributed by atoms with van der Waals surface area (Å²) in [4.78, 5) is 35.1. The van der Waals surface area contributed by atoms with Crippen molar-refractivity contribution in [2.45, 2.75) is 46.5 Å². The van der Waals surface area contributed by atoms with Crippen LogP contribution in [0.1, 0.15) is 55.5 Å². The molecule has 1 rings (SSSR count). The quantitative estimate of drug-likeness (QED) is 0.0695. The highest BCUT2D eigenvalue weighted by atomic mass is 19.2. The number of rotatable bonds is 12. The lowest BCUT2D eigenvalue weighted by molar-refractivity contribution is -0.388. The highest BCUT2D eigenvalue weighted by Crippen LogP contribution is 2.32. The third-order valence-electron chi connectivity index (χ3n) is 4.26. The molecule has 1 unspecified atom stereocenters. The van der Waals surface area contributed by atoms with Gasteiger partial charge < -0.3 is 4.74 Å². The van der Waals surface area contributed by atoms with E-state index in [1.807, 2.05) is 13.8 Å². The lowest BCUT2D eigenvalue weighted by Gasteiger charge is -2.15. The van der Waals surface area contributed by atoms with Crippen LogP contribution in [0, 0.1) is 40.4 Å². The van der Waals surface area contributed by atoms with Crippen LogP contribution in [0.15, 0.2) is 10.2 Å². The van der Waals surface area contributed by atoms with Crippen molar-refractivity contribution < 1.29 is 32.4 Å². The third kappa shape index (κ3) is 6.07. The molecule has 8 nitrogen and oxygen atoms in total. The van der Waals surface area contributed by atoms with E-state index in [0.717, 1.165) is 13.3 Å². The number of carbonyl (C=O) groups excluding carboxylic acids is 2. The van der Waals surface area contributed by atoms with E-state index in [0.29, 0.717) is 25.8 Å². The van der Waals surface area contributed by atoms with Gasteiger partial charge in [-0.15, -0.1) is 0 Å². The van der Waals surface area contributed by atoms with Gasteiger partial charge in [0.25, 0.3) is 0 Å². The number of nitrogens with zero attached hydrogens (tertiary/aromatic N) is 3. The number of hydrogen-bond donors (Lipinski definition) is 0. The molecule has 0 bridgehead atoms. The molecule has 0 fully saturated rings. The Balaban J connectivity index is 3.39. The molecule has 11 heteroatoms. The fourth-order valence-corrected chi connectivity index (χ4v) is 2.46. The first-order chi connectivity index (χ1) is 14.2. The molecule has 0 amide bonds. The van der Waals surface area contributed by atoms with E-state index in [2.05, 4.69) is 10.2 Å². The second kappa shape index (κ2) is 12.0. The molecular formula is C19H24F3N3O5. The van der Waals surface area contributed by atoms with Crippen molar-refractivity contribution in [1.82, 2.24) is 0 Å². The maximum atomic E-state index is 14.6. The molecule has 166 valence electrons. The standard InChI is InChI=1S/C19H24F3N3O5/c1-4-6-8-23-24-10-12(19(27)30-9-7-5-2)18(26)13-14(20)11(3)15(21)16(22)17(13)25(28)29/h12H,4-10H2,1-3H3. The zero-order valence-electron chi connectivity index (χ0n) is 17.0. The van der Waals surface area contributed by atoms with E-state index in [4.69, 9.17) is 4.74 Å². The van der Waals surface area contributed by atoms with E-state index < -0.39 is 63.4 Å². The Hall–Kier alpha value is -2.85. The second-order valence-corrected chi connectivity index (χ2v) is 6.53. The van der Waals surface area contributed by atoms with Crippen LogP contribution in [-0.4, -0.2) is 36.4 Å². The molecule has 1 atom stereocenters. The number of hydrogen-bond acceptors (Lipinski definition) is 7. The molecule has 0 heterocycles. The Labute approximate surface area is 171 Å². The van der Waals surface area contributed by atoms with E-state index in [1.54, 1.807) is 0 Å². The molecule has 0 saturated carbocycles. The van der Waals surface area contributed by atoms with Crippen LogP contribution >= 0.6 is 0 Å². The van der Waals surface area contributed by atoms with Gasteiger partial charge in [0.2, 0.25) is 5.82 Å². The normalized spacial score (nSPS) is 12.2. The number of halogens is 3. The molecule has 0 spiro atoms. The summed E-state index contributed by atoms with van der Waals surface area (Å²) in [5.41, 5.74) is -3.91. The van der Waals surface area contributed by atoms with E-state index >= 15 is 0 Å². The van der Waals surface area contributed by atoms with Crippen LogP contribution in [0.4, 0.5) is 18.9 Å². The van der Waals surface area contributed by atoms with Gasteiger partial charge in [-0.3, -0.25) is 19.7 Å². The van der Waals surface area contributed by atoms with Crippen molar-refractivity contribution in [1.29, 1.82) is 0 Å². The SMILES string of the molecule is CCCCN=NCC(C(=O)OCCCC)C(=O)c1c(F)c(C)c(F)c(F)c1[N+](=O)[O-]. The van der Waals surface area contributed by atoms with Crippen molar-refractivity contribution >= 4 is 17.4 Å². The molecule has 0 aliphatic rings. The molecule has 30 heavy (non-hydrogen) atoms. The van der Waals surface area contributed by atoms with E-state index in [9.17, 15) is 32.9 Å². The van der Waals surface area contributed by atoms with Crippen molar-refractivity contribution in [2.75, 3.05) is 19.7 Å². The number of nitro benzene ring substituents is 1. The fraction of sp³-hybridized carbons (Fsp3) is 0.579. The van der Waals surface area contributed by atoms with Gasteiger partial charge in [-0.05, 0) is 19.8 Å². The minimum Gasteiger partial charge on any atom is -0.465 e. The predicted octanol–water partition coefficient (Wildman–Crippen LogP) is 4.72. The van der Waals surface area contributed by atoms with Gasteiger partial charge in [0, 0.05) is 5.56 Å². The largest absolute Gasteiger partial charge is 0.465 e. The van der Waals surface area contributed by atoms with Crippen molar-refractivity contribution in [3.63, 3.8) is 0 Å². The summed E-state index contributed by atoms with van der Waals surface area (Å²) in [6.07, 6.45) is 2.70. The lowest BCUT2D eigenvalue weighted by atomic mass is 9.94. The average molecular weight is 431 g/mol. The second-order valence-electron chi connectivity index (χ2n) is 6.53. The third-order valence-corrected chi connectivity index (χ3v) is 4.26. The zero-order valence-corrected chi connectivity index (χ0v) is 17.0. The number of ketones is 1. The van der Waals surface area contributed by atoms with Gasteiger partial charge in [0.1, 0.15) is 17.3 Å². The zero-order chi connectivity index (χ0) is 22.8. The minimum absolute atomic E-state index is 0.0343. The van der Waals surface area contributed by atoms with Crippen LogP contribution in [0.2, 0.25) is 0 Å². The van der Waals surface area contributed by atoms with Crippen LogP contribution in [0.25, 0.3) is 0 Å². The number of Topliss-reactive ketones (excluding diaryl/α,β-unsaturated/α-hetero) is 1. The average Bonchev–Trinajstić information content (AvgIpc) is 2.70. The molecule has 0 radical (unpaired) electrons. The van der Waals surface area contributed by atoms with Crippen LogP contribution in [0.3, 0.4) is 0 Å². The van der Waals surface area contributed by atoms with Gasteiger partial charge in [-0.25, -0.2) is 8.78 Å². The van der Waals surface area contributed by atoms with Gasteiger partial charge >= 0.3 is 11.7 Å². The maximum absolute atomic E-state index is 14.6. The summed E-state index contributed by atoms with van der Waals surface area (Å²) in [7, 11) is 0. The Morgan fingerprint density at radius 2 is 1.70 bits per heavy atom. The predicted molar refractivity (Wildman–Crippen MR) is 101 cm³/mol. The highest BCUT2D eigenvalue weighted by molar-refractivity contribution is 6.11. The summed E-state index contributed by atoms with van der Waals surface area (Å²) in [6.45, 7) is 4.30. The first kappa shape index (κ1) is 25.2. The molecule has 0 N–H and O–H groups in total. The van der Waals surface area contributed by atoms with Crippen LogP contribution in [-0.2, 0) is 9.53 Å². The lowest BCUT2D eigenvalue weighted by Crippen LogP contribution is -2.31. The monoisotopic (exact) mass is 431 g/mol. The highest BCUT2D eigenvalue weighted by Gasteiger charge is 2.40. The fourth-order valence-electron chi connectivity index (χ4n) is 2.46. The number of carbonyl (C=O) groups is 2. The van der Waals surface area contributed by atoms with Gasteiger partial charge in [-0.1, -0.05) is 26.7 Å². The van der Waals surface area contributed by atoms with Crippen molar-refractivity contribution in [3.05, 3.63) is 38.7 Å². The number of esters is 1. The summed E-state index contributed by atoms with van der Waals surface area (Å²) in [5, 5.41) is 18.7. The Morgan fingerprint density at radius 1 is 1.07 bits per heavy atom. The maximum Gasteiger partial charge on any atom is 0.321 e. The first-order valence-electron chi connectivity index (χ1n) is 9.54. The topological polar surface area (TPSA) is 111 Å². The summed E-state index contributed by atoms with van der Waals surface area (Å²) in [6, 6.07) is 0. The van der Waals surface area contributed by atoms with Gasteiger partial charge in [-0.2, -0.15) is 14.6 Å². The number of azo groups is 1. The van der Waals surface area contributed by atoms with Crippen LogP contribution in [0.5, 0.6) is 0 Å². The number of ether oxygens (including phenoxy) is 1. The smallest absolute Gasteiger partial charge is 0.321 e. The van der Waals surface area contributed by atoms with Crippen molar-refractivity contribution in [2.24, 2.45) is 16.1 Å². The molecule has 1 aromatic carbocycles. The Kier molecular flexibility index (Phi) is 10.1. The van der Waals surface area contributed by atoms with Gasteiger partial charge in [0.05, 0.1) is 24.6 Å². The number of unbranched alkanes of at least 4 members (excludes halogenated alkanes) is 2. The number of nitro groups is 1. The van der Waals surface area contributed by atoms with Gasteiger partial charge in [0.15, 0.2) is 11.6 Å². The van der Waals surface area contributed by atoms with E-state index in [1.165, 1.54) is 0 Å². The molecular weight excluding hydrogens is 407 g/mol. The van der Waals surface area contributed by atoms with Crippen molar-refractivity contribution in [3.8, 4) is 0 Å². The molecule has 0 saturated heterocycles. The van der Waals surface area contributed by atoms with E-state index in [-0.39, 0.29) is 6.61 Å².